The molecule has 3 rings (SSSR count). The van der Waals surface area contributed by atoms with Gasteiger partial charge in [0.1, 0.15) is 24.7 Å². The topological polar surface area (TPSA) is 62.0 Å². The standard InChI is InChI=1S/C18H25N3O3/c1-15-4-2-3-5-18(15)23-14-17(22)13-21-9-7-20(8-10-21)12-16-6-11-24-19-16/h2-6,11,17,22H,7-10,12-14H2,1H3. The number of β-amino-alcohol motifs (C(OH)–C–C–N with tert-alkyl or cyclic N) is 1. The van der Waals surface area contributed by atoms with Gasteiger partial charge in [0.2, 0.25) is 0 Å². The van der Waals surface area contributed by atoms with Crippen molar-refractivity contribution >= 4 is 0 Å². The summed E-state index contributed by atoms with van der Waals surface area (Å²) in [6, 6.07) is 9.78. The van der Waals surface area contributed by atoms with Crippen LogP contribution in [0.2, 0.25) is 0 Å². The zero-order valence-electron chi connectivity index (χ0n) is 14.1. The molecule has 0 amide bonds. The molecule has 1 aromatic carbocycles. The van der Waals surface area contributed by atoms with Gasteiger partial charge >= 0.3 is 0 Å². The van der Waals surface area contributed by atoms with Crippen LogP contribution < -0.4 is 4.74 Å². The minimum Gasteiger partial charge on any atom is -0.491 e. The number of aromatic nitrogens is 1. The number of rotatable bonds is 7. The smallest absolute Gasteiger partial charge is 0.124 e. The van der Waals surface area contributed by atoms with E-state index in [1.165, 1.54) is 0 Å². The Morgan fingerprint density at radius 2 is 1.92 bits per heavy atom. The lowest BCUT2D eigenvalue weighted by atomic mass is 10.2. The molecule has 24 heavy (non-hydrogen) atoms. The second-order valence-electron chi connectivity index (χ2n) is 6.30. The molecule has 0 spiro atoms. The van der Waals surface area contributed by atoms with E-state index in [-0.39, 0.29) is 0 Å². The molecule has 1 atom stereocenters. The molecular weight excluding hydrogens is 306 g/mol. The molecule has 0 saturated carbocycles. The average Bonchev–Trinajstić information content (AvgIpc) is 3.09. The highest BCUT2D eigenvalue weighted by Gasteiger charge is 2.20. The zero-order chi connectivity index (χ0) is 16.8. The second-order valence-corrected chi connectivity index (χ2v) is 6.30. The summed E-state index contributed by atoms with van der Waals surface area (Å²) in [5, 5.41) is 14.2. The SMILES string of the molecule is Cc1ccccc1OCC(O)CN1CCN(Cc2ccon2)CC1. The second kappa shape index (κ2) is 8.28. The third-order valence-electron chi connectivity index (χ3n) is 4.34. The molecule has 1 aliphatic heterocycles. The highest BCUT2D eigenvalue weighted by molar-refractivity contribution is 5.31. The van der Waals surface area contributed by atoms with Crippen LogP contribution in [-0.2, 0) is 6.54 Å². The first kappa shape index (κ1) is 17.0. The number of aliphatic hydroxyl groups excluding tert-OH is 1. The number of nitrogens with zero attached hydrogens (tertiary/aromatic N) is 3. The number of para-hydroxylation sites is 1. The molecule has 1 aliphatic rings. The number of aliphatic hydroxyl groups is 1. The van der Waals surface area contributed by atoms with Crippen LogP contribution in [0.3, 0.4) is 0 Å². The van der Waals surface area contributed by atoms with Crippen LogP contribution in [-0.4, -0.2) is 65.5 Å². The van der Waals surface area contributed by atoms with E-state index in [2.05, 4.69) is 15.0 Å². The molecule has 2 aromatic rings. The number of aryl methyl sites for hydroxylation is 1. The van der Waals surface area contributed by atoms with Crippen molar-refractivity contribution < 1.29 is 14.4 Å². The van der Waals surface area contributed by atoms with Crippen LogP contribution in [0.1, 0.15) is 11.3 Å². The Balaban J connectivity index is 1.37. The summed E-state index contributed by atoms with van der Waals surface area (Å²) in [6.07, 6.45) is 1.13. The monoisotopic (exact) mass is 331 g/mol. The highest BCUT2D eigenvalue weighted by Crippen LogP contribution is 2.16. The Hall–Kier alpha value is -1.89. The summed E-state index contributed by atoms with van der Waals surface area (Å²) in [7, 11) is 0. The molecule has 1 fully saturated rings. The van der Waals surface area contributed by atoms with E-state index < -0.39 is 6.10 Å². The van der Waals surface area contributed by atoms with Gasteiger partial charge in [0.25, 0.3) is 0 Å². The van der Waals surface area contributed by atoms with Crippen molar-refractivity contribution in [2.24, 2.45) is 0 Å². The third-order valence-corrected chi connectivity index (χ3v) is 4.34. The maximum atomic E-state index is 10.2. The van der Waals surface area contributed by atoms with E-state index in [0.29, 0.717) is 13.2 Å². The lowest BCUT2D eigenvalue weighted by Gasteiger charge is -2.35. The van der Waals surface area contributed by atoms with Gasteiger partial charge in [-0.3, -0.25) is 9.80 Å². The Morgan fingerprint density at radius 1 is 1.17 bits per heavy atom. The predicted octanol–water partition coefficient (Wildman–Crippen LogP) is 1.54. The molecular formula is C18H25N3O3. The maximum Gasteiger partial charge on any atom is 0.124 e. The fourth-order valence-electron chi connectivity index (χ4n) is 2.93. The van der Waals surface area contributed by atoms with Gasteiger partial charge in [-0.2, -0.15) is 0 Å². The van der Waals surface area contributed by atoms with Gasteiger partial charge in [-0.05, 0) is 18.6 Å². The lowest BCUT2D eigenvalue weighted by molar-refractivity contribution is 0.0441. The average molecular weight is 331 g/mol. The molecule has 1 aromatic heterocycles. The molecule has 1 saturated heterocycles. The van der Waals surface area contributed by atoms with E-state index in [9.17, 15) is 5.11 Å². The molecule has 0 bridgehead atoms. The fourth-order valence-corrected chi connectivity index (χ4v) is 2.93. The van der Waals surface area contributed by atoms with Gasteiger partial charge in [0.15, 0.2) is 0 Å². The molecule has 0 aliphatic carbocycles. The van der Waals surface area contributed by atoms with Crippen LogP contribution in [0.4, 0.5) is 0 Å². The van der Waals surface area contributed by atoms with Gasteiger partial charge < -0.3 is 14.4 Å². The van der Waals surface area contributed by atoms with Crippen molar-refractivity contribution in [2.45, 2.75) is 19.6 Å². The van der Waals surface area contributed by atoms with E-state index in [4.69, 9.17) is 9.26 Å². The zero-order valence-corrected chi connectivity index (χ0v) is 14.1. The van der Waals surface area contributed by atoms with Crippen LogP contribution in [0.5, 0.6) is 5.75 Å². The van der Waals surface area contributed by atoms with Gasteiger partial charge in [0, 0.05) is 45.3 Å². The summed E-state index contributed by atoms with van der Waals surface area (Å²) in [5.41, 5.74) is 2.06. The number of benzene rings is 1. The summed E-state index contributed by atoms with van der Waals surface area (Å²) < 4.78 is 10.6. The van der Waals surface area contributed by atoms with Gasteiger partial charge in [-0.15, -0.1) is 0 Å². The highest BCUT2D eigenvalue weighted by atomic mass is 16.5. The minimum atomic E-state index is -0.480. The largest absolute Gasteiger partial charge is 0.491 e. The maximum absolute atomic E-state index is 10.2. The summed E-state index contributed by atoms with van der Waals surface area (Å²) >= 11 is 0. The first-order valence-electron chi connectivity index (χ1n) is 8.41. The number of ether oxygens (including phenoxy) is 1. The van der Waals surface area contributed by atoms with Gasteiger partial charge in [0.05, 0.1) is 5.69 Å². The molecule has 6 heteroatoms. The minimum absolute atomic E-state index is 0.323. The quantitative estimate of drug-likeness (QED) is 0.830. The Kier molecular flexibility index (Phi) is 5.85. The molecule has 6 nitrogen and oxygen atoms in total. The Morgan fingerprint density at radius 3 is 2.62 bits per heavy atom. The number of hydrogen-bond acceptors (Lipinski definition) is 6. The normalized spacial score (nSPS) is 17.8. The molecule has 1 N–H and O–H groups in total. The lowest BCUT2D eigenvalue weighted by Crippen LogP contribution is -2.48. The molecule has 130 valence electrons. The third kappa shape index (κ3) is 4.80. The summed E-state index contributed by atoms with van der Waals surface area (Å²) in [5.74, 6) is 0.842. The first-order valence-corrected chi connectivity index (χ1v) is 8.41. The molecule has 0 radical (unpaired) electrons. The summed E-state index contributed by atoms with van der Waals surface area (Å²) in [4.78, 5) is 4.63. The Bertz CT molecular complexity index is 610. The first-order chi connectivity index (χ1) is 11.7. The van der Waals surface area contributed by atoms with E-state index in [0.717, 1.165) is 49.7 Å². The Labute approximate surface area is 142 Å². The predicted molar refractivity (Wildman–Crippen MR) is 90.9 cm³/mol. The van der Waals surface area contributed by atoms with Crippen LogP contribution in [0.15, 0.2) is 41.1 Å². The van der Waals surface area contributed by atoms with Crippen LogP contribution in [0, 0.1) is 6.92 Å². The van der Waals surface area contributed by atoms with Crippen LogP contribution in [0.25, 0.3) is 0 Å². The van der Waals surface area contributed by atoms with Crippen molar-refractivity contribution in [3.8, 4) is 5.75 Å². The fraction of sp³-hybridized carbons (Fsp3) is 0.500. The molecule has 2 heterocycles. The van der Waals surface area contributed by atoms with Crippen LogP contribution >= 0.6 is 0 Å². The van der Waals surface area contributed by atoms with E-state index in [1.54, 1.807) is 6.26 Å². The van der Waals surface area contributed by atoms with Crippen molar-refractivity contribution in [2.75, 3.05) is 39.3 Å². The van der Waals surface area contributed by atoms with E-state index >= 15 is 0 Å². The van der Waals surface area contributed by atoms with Crippen molar-refractivity contribution in [1.29, 1.82) is 0 Å². The van der Waals surface area contributed by atoms with E-state index in [1.807, 2.05) is 37.3 Å². The van der Waals surface area contributed by atoms with Crippen molar-refractivity contribution in [3.05, 3.63) is 47.9 Å². The number of piperazine rings is 1. The van der Waals surface area contributed by atoms with Crippen molar-refractivity contribution in [3.63, 3.8) is 0 Å². The van der Waals surface area contributed by atoms with Gasteiger partial charge in [-0.25, -0.2) is 0 Å². The number of hydrogen-bond donors (Lipinski definition) is 1. The van der Waals surface area contributed by atoms with Gasteiger partial charge in [-0.1, -0.05) is 23.4 Å². The van der Waals surface area contributed by atoms with Crippen molar-refractivity contribution in [1.82, 2.24) is 15.0 Å². The summed E-state index contributed by atoms with van der Waals surface area (Å²) in [6.45, 7) is 7.63. The molecule has 1 unspecified atom stereocenters.